The molecule has 80 valence electrons. The second-order valence-corrected chi connectivity index (χ2v) is 4.57. The molecule has 1 atom stereocenters. The Balaban J connectivity index is 2.48. The minimum atomic E-state index is 0.539. The highest BCUT2D eigenvalue weighted by Gasteiger charge is 2.08. The van der Waals surface area contributed by atoms with E-state index in [0.717, 1.165) is 19.5 Å². The van der Waals surface area contributed by atoms with Gasteiger partial charge < -0.3 is 5.32 Å². The number of thiazole rings is 1. The monoisotopic (exact) mass is 212 g/mol. The fraction of sp³-hybridized carbons (Fsp3) is 0.727. The van der Waals surface area contributed by atoms with Crippen molar-refractivity contribution in [1.29, 1.82) is 0 Å². The molecule has 1 heterocycles. The lowest BCUT2D eigenvalue weighted by Gasteiger charge is -2.08. The van der Waals surface area contributed by atoms with Gasteiger partial charge in [-0.25, -0.2) is 4.98 Å². The summed E-state index contributed by atoms with van der Waals surface area (Å²) in [6.45, 7) is 8.63. The van der Waals surface area contributed by atoms with Crippen LogP contribution in [-0.4, -0.2) is 18.1 Å². The van der Waals surface area contributed by atoms with Crippen molar-refractivity contribution in [3.63, 3.8) is 0 Å². The molecule has 0 aliphatic heterocycles. The molecule has 0 aliphatic carbocycles. The summed E-state index contributed by atoms with van der Waals surface area (Å²) in [6.07, 6.45) is 2.31. The van der Waals surface area contributed by atoms with Gasteiger partial charge in [-0.05, 0) is 19.4 Å². The van der Waals surface area contributed by atoms with Crippen molar-refractivity contribution in [3.8, 4) is 0 Å². The quantitative estimate of drug-likeness (QED) is 0.784. The average Bonchev–Trinajstić information content (AvgIpc) is 2.63. The number of aromatic nitrogens is 1. The fourth-order valence-corrected chi connectivity index (χ4v) is 2.37. The molecule has 1 unspecified atom stereocenters. The SMILES string of the molecule is CCCc1nc(C(C)CNCC)cs1. The molecule has 0 fully saturated rings. The maximum absolute atomic E-state index is 4.63. The highest BCUT2D eigenvalue weighted by atomic mass is 32.1. The molecule has 1 aromatic rings. The van der Waals surface area contributed by atoms with E-state index in [1.807, 2.05) is 0 Å². The first-order valence-electron chi connectivity index (χ1n) is 5.42. The molecule has 3 heteroatoms. The van der Waals surface area contributed by atoms with Crippen molar-refractivity contribution >= 4 is 11.3 Å². The zero-order chi connectivity index (χ0) is 10.4. The predicted molar refractivity (Wildman–Crippen MR) is 63.1 cm³/mol. The average molecular weight is 212 g/mol. The summed E-state index contributed by atoms with van der Waals surface area (Å²) < 4.78 is 0. The molecule has 0 saturated carbocycles. The second-order valence-electron chi connectivity index (χ2n) is 3.62. The molecule has 0 saturated heterocycles. The van der Waals surface area contributed by atoms with Crippen LogP contribution in [0, 0.1) is 0 Å². The summed E-state index contributed by atoms with van der Waals surface area (Å²) in [6, 6.07) is 0. The van der Waals surface area contributed by atoms with E-state index >= 15 is 0 Å². The molecule has 0 aromatic carbocycles. The lowest BCUT2D eigenvalue weighted by molar-refractivity contribution is 0.624. The molecular formula is C11H20N2S. The summed E-state index contributed by atoms with van der Waals surface area (Å²) in [5, 5.41) is 6.84. The number of hydrogen-bond donors (Lipinski definition) is 1. The van der Waals surface area contributed by atoms with Crippen LogP contribution in [0.5, 0.6) is 0 Å². The van der Waals surface area contributed by atoms with Crippen molar-refractivity contribution in [2.45, 2.75) is 39.5 Å². The summed E-state index contributed by atoms with van der Waals surface area (Å²) >= 11 is 1.80. The van der Waals surface area contributed by atoms with E-state index in [1.165, 1.54) is 17.1 Å². The van der Waals surface area contributed by atoms with Gasteiger partial charge in [0, 0.05) is 17.8 Å². The molecule has 0 spiro atoms. The van der Waals surface area contributed by atoms with Crippen LogP contribution < -0.4 is 5.32 Å². The van der Waals surface area contributed by atoms with Gasteiger partial charge in [-0.15, -0.1) is 11.3 Å². The molecule has 2 nitrogen and oxygen atoms in total. The topological polar surface area (TPSA) is 24.9 Å². The van der Waals surface area contributed by atoms with E-state index in [4.69, 9.17) is 0 Å². The van der Waals surface area contributed by atoms with Gasteiger partial charge in [-0.1, -0.05) is 20.8 Å². The fourth-order valence-electron chi connectivity index (χ4n) is 1.35. The molecule has 0 radical (unpaired) electrons. The van der Waals surface area contributed by atoms with Crippen molar-refractivity contribution in [2.24, 2.45) is 0 Å². The van der Waals surface area contributed by atoms with E-state index < -0.39 is 0 Å². The minimum absolute atomic E-state index is 0.539. The number of hydrogen-bond acceptors (Lipinski definition) is 3. The zero-order valence-electron chi connectivity index (χ0n) is 9.34. The Morgan fingerprint density at radius 3 is 2.93 bits per heavy atom. The highest BCUT2D eigenvalue weighted by molar-refractivity contribution is 7.09. The van der Waals surface area contributed by atoms with Gasteiger partial charge in [0.15, 0.2) is 0 Å². The van der Waals surface area contributed by atoms with E-state index in [1.54, 1.807) is 11.3 Å². The van der Waals surface area contributed by atoms with E-state index in [0.29, 0.717) is 5.92 Å². The van der Waals surface area contributed by atoms with Gasteiger partial charge >= 0.3 is 0 Å². The Hall–Kier alpha value is -0.410. The maximum Gasteiger partial charge on any atom is 0.0928 e. The van der Waals surface area contributed by atoms with Gasteiger partial charge in [0.1, 0.15) is 0 Å². The Morgan fingerprint density at radius 2 is 2.29 bits per heavy atom. The first-order chi connectivity index (χ1) is 6.77. The van der Waals surface area contributed by atoms with Crippen LogP contribution in [0.2, 0.25) is 0 Å². The van der Waals surface area contributed by atoms with Crippen molar-refractivity contribution in [3.05, 3.63) is 16.1 Å². The van der Waals surface area contributed by atoms with Crippen molar-refractivity contribution in [2.75, 3.05) is 13.1 Å². The van der Waals surface area contributed by atoms with Gasteiger partial charge in [0.05, 0.1) is 10.7 Å². The molecular weight excluding hydrogens is 192 g/mol. The van der Waals surface area contributed by atoms with E-state index in [2.05, 4.69) is 36.5 Å². The highest BCUT2D eigenvalue weighted by Crippen LogP contribution is 2.18. The summed E-state index contributed by atoms with van der Waals surface area (Å²) in [5.41, 5.74) is 1.25. The van der Waals surface area contributed by atoms with Crippen LogP contribution >= 0.6 is 11.3 Å². The number of nitrogens with zero attached hydrogens (tertiary/aromatic N) is 1. The van der Waals surface area contributed by atoms with Crippen LogP contribution in [0.25, 0.3) is 0 Å². The van der Waals surface area contributed by atoms with Crippen LogP contribution in [-0.2, 0) is 6.42 Å². The second kappa shape index (κ2) is 6.14. The Morgan fingerprint density at radius 1 is 1.50 bits per heavy atom. The van der Waals surface area contributed by atoms with Gasteiger partial charge in [-0.2, -0.15) is 0 Å². The van der Waals surface area contributed by atoms with Crippen molar-refractivity contribution in [1.82, 2.24) is 10.3 Å². The van der Waals surface area contributed by atoms with Gasteiger partial charge in [-0.3, -0.25) is 0 Å². The molecule has 0 bridgehead atoms. The third-order valence-corrected chi connectivity index (χ3v) is 3.17. The Kier molecular flexibility index (Phi) is 5.12. The van der Waals surface area contributed by atoms with Crippen molar-refractivity contribution < 1.29 is 0 Å². The minimum Gasteiger partial charge on any atom is -0.316 e. The molecule has 1 aromatic heterocycles. The Bertz CT molecular complexity index is 258. The molecule has 1 rings (SSSR count). The zero-order valence-corrected chi connectivity index (χ0v) is 10.2. The number of likely N-dealkylation sites (N-methyl/N-ethyl adjacent to an activating group) is 1. The van der Waals surface area contributed by atoms with Crippen LogP contribution in [0.15, 0.2) is 5.38 Å². The summed E-state index contributed by atoms with van der Waals surface area (Å²) in [7, 11) is 0. The first kappa shape index (κ1) is 11.7. The van der Waals surface area contributed by atoms with Gasteiger partial charge in [0.25, 0.3) is 0 Å². The third kappa shape index (κ3) is 3.39. The standard InChI is InChI=1S/C11H20N2S/c1-4-6-11-13-10(8-14-11)9(3)7-12-5-2/h8-9,12H,4-7H2,1-3H3. The lowest BCUT2D eigenvalue weighted by Crippen LogP contribution is -2.19. The number of nitrogens with one attached hydrogen (secondary N) is 1. The Labute approximate surface area is 90.8 Å². The van der Waals surface area contributed by atoms with E-state index in [9.17, 15) is 0 Å². The smallest absolute Gasteiger partial charge is 0.0928 e. The maximum atomic E-state index is 4.63. The number of aryl methyl sites for hydroxylation is 1. The predicted octanol–water partition coefficient (Wildman–Crippen LogP) is 2.81. The molecule has 0 aliphatic rings. The molecule has 0 amide bonds. The molecule has 1 N–H and O–H groups in total. The summed E-state index contributed by atoms with van der Waals surface area (Å²) in [5.74, 6) is 0.539. The molecule has 14 heavy (non-hydrogen) atoms. The van der Waals surface area contributed by atoms with Gasteiger partial charge in [0.2, 0.25) is 0 Å². The number of rotatable bonds is 6. The largest absolute Gasteiger partial charge is 0.316 e. The van der Waals surface area contributed by atoms with Crippen LogP contribution in [0.4, 0.5) is 0 Å². The normalized spacial score (nSPS) is 13.1. The third-order valence-electron chi connectivity index (χ3n) is 2.24. The van der Waals surface area contributed by atoms with Crippen LogP contribution in [0.1, 0.15) is 43.8 Å². The summed E-state index contributed by atoms with van der Waals surface area (Å²) in [4.78, 5) is 4.63. The lowest BCUT2D eigenvalue weighted by atomic mass is 10.1. The first-order valence-corrected chi connectivity index (χ1v) is 6.30. The van der Waals surface area contributed by atoms with Crippen LogP contribution in [0.3, 0.4) is 0 Å². The van der Waals surface area contributed by atoms with E-state index in [-0.39, 0.29) is 0 Å².